The van der Waals surface area contributed by atoms with E-state index in [1.165, 1.54) is 38.2 Å². The van der Waals surface area contributed by atoms with E-state index >= 15 is 0 Å². The summed E-state index contributed by atoms with van der Waals surface area (Å²) in [5, 5.41) is 73.5. The highest BCUT2D eigenvalue weighted by Gasteiger charge is 2.51. The van der Waals surface area contributed by atoms with Gasteiger partial charge in [0.1, 0.15) is 36.6 Å². The molecular weight excluding hydrogens is 621 g/mol. The average Bonchev–Trinajstić information content (AvgIpc) is 3.01. The number of aliphatic hydroxyl groups excluding tert-OH is 7. The van der Waals surface area contributed by atoms with Crippen LogP contribution in [-0.4, -0.2) is 108 Å². The van der Waals surface area contributed by atoms with E-state index in [-0.39, 0.29) is 6.42 Å². The van der Waals surface area contributed by atoms with Crippen LogP contribution < -0.4 is 5.32 Å². The number of hydrogen-bond acceptors (Lipinski definition) is 11. The highest BCUT2D eigenvalue weighted by atomic mass is 31.2. The maximum absolute atomic E-state index is 12.8. The zero-order chi connectivity index (χ0) is 34.5. The van der Waals surface area contributed by atoms with Crippen LogP contribution in [0.25, 0.3) is 0 Å². The minimum absolute atomic E-state index is 0.243. The zero-order valence-electron chi connectivity index (χ0n) is 27.7. The molecule has 0 saturated heterocycles. The van der Waals surface area contributed by atoms with Gasteiger partial charge in [0.25, 0.3) is 0 Å². The van der Waals surface area contributed by atoms with E-state index in [0.29, 0.717) is 12.8 Å². The summed E-state index contributed by atoms with van der Waals surface area (Å²) in [4.78, 5) is 23.1. The third-order valence-electron chi connectivity index (χ3n) is 8.37. The molecule has 0 aromatic rings. The van der Waals surface area contributed by atoms with Crippen molar-refractivity contribution in [3.8, 4) is 0 Å². The van der Waals surface area contributed by atoms with Gasteiger partial charge in [0.15, 0.2) is 0 Å². The van der Waals surface area contributed by atoms with Crippen LogP contribution in [-0.2, 0) is 18.4 Å². The fraction of sp³-hybridized carbons (Fsp3) is 0.906. The lowest BCUT2D eigenvalue weighted by atomic mass is 9.85. The maximum atomic E-state index is 12.8. The van der Waals surface area contributed by atoms with Gasteiger partial charge in [0, 0.05) is 0 Å². The van der Waals surface area contributed by atoms with Crippen molar-refractivity contribution >= 4 is 13.7 Å². The molecule has 0 heterocycles. The first-order valence-corrected chi connectivity index (χ1v) is 18.7. The fourth-order valence-corrected chi connectivity index (χ4v) is 6.38. The smallest absolute Gasteiger partial charge is 0.393 e. The molecule has 0 bridgehead atoms. The Morgan fingerprint density at radius 1 is 0.761 bits per heavy atom. The molecule has 1 aliphatic rings. The van der Waals surface area contributed by atoms with Crippen LogP contribution >= 0.6 is 7.82 Å². The third kappa shape index (κ3) is 17.4. The van der Waals surface area contributed by atoms with Gasteiger partial charge < -0.3 is 46.0 Å². The van der Waals surface area contributed by atoms with Gasteiger partial charge in [-0.2, -0.15) is 0 Å². The van der Waals surface area contributed by atoms with Crippen LogP contribution in [0.4, 0.5) is 0 Å². The molecule has 0 radical (unpaired) electrons. The molecule has 1 saturated carbocycles. The van der Waals surface area contributed by atoms with Crippen LogP contribution in [0.1, 0.15) is 123 Å². The largest absolute Gasteiger partial charge is 0.472 e. The first-order valence-electron chi connectivity index (χ1n) is 17.2. The molecule has 8 atom stereocenters. The Kier molecular flexibility index (Phi) is 22.7. The molecule has 9 N–H and O–H groups in total. The van der Waals surface area contributed by atoms with Crippen LogP contribution in [0.3, 0.4) is 0 Å². The van der Waals surface area contributed by atoms with Crippen molar-refractivity contribution in [3.05, 3.63) is 12.2 Å². The van der Waals surface area contributed by atoms with E-state index in [1.54, 1.807) is 6.08 Å². The van der Waals surface area contributed by atoms with Gasteiger partial charge in [0.05, 0.1) is 31.3 Å². The molecule has 0 aromatic carbocycles. The Labute approximate surface area is 274 Å². The normalized spacial score (nSPS) is 26.9. The second kappa shape index (κ2) is 24.2. The van der Waals surface area contributed by atoms with Crippen molar-refractivity contribution in [2.75, 3.05) is 6.61 Å². The maximum Gasteiger partial charge on any atom is 0.472 e. The number of nitrogens with one attached hydrogen (secondary N) is 1. The Morgan fingerprint density at radius 3 is 1.78 bits per heavy atom. The summed E-state index contributed by atoms with van der Waals surface area (Å²) in [5.41, 5.74) is 0. The Hall–Kier alpha value is -0.960. The highest BCUT2D eigenvalue weighted by molar-refractivity contribution is 7.47. The van der Waals surface area contributed by atoms with Crippen LogP contribution in [0.5, 0.6) is 0 Å². The van der Waals surface area contributed by atoms with E-state index in [1.807, 2.05) is 0 Å². The van der Waals surface area contributed by atoms with E-state index < -0.39 is 75.2 Å². The van der Waals surface area contributed by atoms with Crippen LogP contribution in [0, 0.1) is 0 Å². The van der Waals surface area contributed by atoms with Crippen LogP contribution in [0.2, 0.25) is 0 Å². The van der Waals surface area contributed by atoms with E-state index in [2.05, 4.69) is 19.2 Å². The van der Waals surface area contributed by atoms with Crippen molar-refractivity contribution in [1.82, 2.24) is 5.32 Å². The molecule has 1 rings (SSSR count). The highest BCUT2D eigenvalue weighted by Crippen LogP contribution is 2.47. The second-order valence-electron chi connectivity index (χ2n) is 12.6. The predicted octanol–water partition coefficient (Wildman–Crippen LogP) is 2.74. The van der Waals surface area contributed by atoms with Crippen molar-refractivity contribution in [2.45, 2.75) is 178 Å². The summed E-state index contributed by atoms with van der Waals surface area (Å²) in [5.74, 6) is -0.601. The first-order chi connectivity index (χ1) is 21.8. The SMILES string of the molecule is CCCCCCCC/C=C/C(O)C(COP(=O)(O)OC1C(O)C(O)C(O)C(O)C1O)NC(=O)CC(O)CCCCCCCCCC. The van der Waals surface area contributed by atoms with Crippen molar-refractivity contribution in [2.24, 2.45) is 0 Å². The molecule has 1 amide bonds. The number of hydrogen-bond donors (Lipinski definition) is 9. The number of carbonyl (C=O) groups is 1. The van der Waals surface area contributed by atoms with Crippen LogP contribution in [0.15, 0.2) is 12.2 Å². The van der Waals surface area contributed by atoms with E-state index in [9.17, 15) is 50.0 Å². The molecule has 272 valence electrons. The van der Waals surface area contributed by atoms with Crippen molar-refractivity contribution < 1.29 is 59.0 Å². The Bertz CT molecular complexity index is 864. The molecule has 46 heavy (non-hydrogen) atoms. The van der Waals surface area contributed by atoms with E-state index in [0.717, 1.165) is 57.8 Å². The topological polar surface area (TPSA) is 226 Å². The number of phosphoric ester groups is 1. The summed E-state index contributed by atoms with van der Waals surface area (Å²) < 4.78 is 22.6. The molecule has 0 aromatic heterocycles. The standard InChI is InChI=1S/C32H62NO12P/c1-3-5-7-9-11-13-15-17-19-23(34)21-26(36)33-24(25(35)20-18-16-14-12-10-8-6-4-2)22-44-46(42,43)45-32-30(40)28(38)27(37)29(39)31(32)41/h18,20,23-25,27-32,34-35,37-41H,3-17,19,21-22H2,1-2H3,(H,33,36)(H,42,43)/b20-18+. The lowest BCUT2D eigenvalue weighted by molar-refractivity contribution is -0.220. The molecule has 0 aliphatic heterocycles. The minimum atomic E-state index is -5.11. The molecule has 13 nitrogen and oxygen atoms in total. The lowest BCUT2D eigenvalue weighted by Gasteiger charge is -2.41. The van der Waals surface area contributed by atoms with Crippen molar-refractivity contribution in [1.29, 1.82) is 0 Å². The molecular formula is C32H62NO12P. The summed E-state index contributed by atoms with van der Waals surface area (Å²) in [6.45, 7) is 3.58. The number of amides is 1. The van der Waals surface area contributed by atoms with Gasteiger partial charge >= 0.3 is 7.82 Å². The zero-order valence-corrected chi connectivity index (χ0v) is 28.6. The number of aliphatic hydroxyl groups is 7. The summed E-state index contributed by atoms with van der Waals surface area (Å²) in [6.07, 6.45) is 5.19. The number of carbonyl (C=O) groups excluding carboxylic acids is 1. The molecule has 14 heteroatoms. The number of rotatable bonds is 26. The number of phosphoric acid groups is 1. The number of allylic oxidation sites excluding steroid dienone is 1. The monoisotopic (exact) mass is 683 g/mol. The fourth-order valence-electron chi connectivity index (χ4n) is 5.41. The van der Waals surface area contributed by atoms with Gasteiger partial charge in [-0.1, -0.05) is 109 Å². The molecule has 0 spiro atoms. The third-order valence-corrected chi connectivity index (χ3v) is 9.36. The predicted molar refractivity (Wildman–Crippen MR) is 174 cm³/mol. The molecule has 1 fully saturated rings. The quantitative estimate of drug-likeness (QED) is 0.0365. The summed E-state index contributed by atoms with van der Waals surface area (Å²) >= 11 is 0. The number of unbranched alkanes of at least 4 members (excludes halogenated alkanes) is 13. The molecule has 1 aliphatic carbocycles. The first kappa shape index (κ1) is 43.1. The van der Waals surface area contributed by atoms with Gasteiger partial charge in [-0.05, 0) is 19.3 Å². The van der Waals surface area contributed by atoms with Crippen molar-refractivity contribution in [3.63, 3.8) is 0 Å². The van der Waals surface area contributed by atoms with Gasteiger partial charge in [0.2, 0.25) is 5.91 Å². The second-order valence-corrected chi connectivity index (χ2v) is 14.0. The van der Waals surface area contributed by atoms with E-state index in [4.69, 9.17) is 9.05 Å². The van der Waals surface area contributed by atoms with Gasteiger partial charge in [-0.15, -0.1) is 0 Å². The Morgan fingerprint density at radius 2 is 1.24 bits per heavy atom. The minimum Gasteiger partial charge on any atom is -0.393 e. The van der Waals surface area contributed by atoms with Gasteiger partial charge in [-0.3, -0.25) is 13.8 Å². The average molecular weight is 684 g/mol. The summed E-state index contributed by atoms with van der Waals surface area (Å²) in [6, 6.07) is -1.23. The molecule has 8 unspecified atom stereocenters. The van der Waals surface area contributed by atoms with Gasteiger partial charge in [-0.25, -0.2) is 4.57 Å². The lowest BCUT2D eigenvalue weighted by Crippen LogP contribution is -2.64. The summed E-state index contributed by atoms with van der Waals surface area (Å²) in [7, 11) is -5.11. The Balaban J connectivity index is 2.74.